The molecule has 5 heteroatoms. The SMILES string of the molecule is CN(C)C(=O)CN(C)C(=O)C1CCCC(CCN)C1. The van der Waals surface area contributed by atoms with Crippen molar-refractivity contribution in [1.29, 1.82) is 0 Å². The summed E-state index contributed by atoms with van der Waals surface area (Å²) in [6.07, 6.45) is 5.15. The average molecular weight is 269 g/mol. The molecule has 1 aliphatic rings. The van der Waals surface area contributed by atoms with Gasteiger partial charge in [0.1, 0.15) is 0 Å². The molecule has 1 rings (SSSR count). The van der Waals surface area contributed by atoms with E-state index in [1.165, 1.54) is 11.3 Å². The summed E-state index contributed by atoms with van der Waals surface area (Å²) in [7, 11) is 5.13. The van der Waals surface area contributed by atoms with Gasteiger partial charge in [-0.15, -0.1) is 0 Å². The van der Waals surface area contributed by atoms with Gasteiger partial charge >= 0.3 is 0 Å². The Morgan fingerprint density at radius 2 is 1.89 bits per heavy atom. The fourth-order valence-corrected chi connectivity index (χ4v) is 2.75. The Morgan fingerprint density at radius 3 is 2.47 bits per heavy atom. The second-order valence-electron chi connectivity index (χ2n) is 5.79. The van der Waals surface area contributed by atoms with Crippen molar-refractivity contribution in [2.45, 2.75) is 32.1 Å². The molecule has 110 valence electrons. The molecule has 2 amide bonds. The molecule has 0 aromatic carbocycles. The lowest BCUT2D eigenvalue weighted by Gasteiger charge is -2.31. The molecule has 0 heterocycles. The maximum Gasteiger partial charge on any atom is 0.241 e. The Balaban J connectivity index is 2.49. The third kappa shape index (κ3) is 4.82. The lowest BCUT2D eigenvalue weighted by molar-refractivity contribution is -0.141. The molecule has 0 aromatic rings. The van der Waals surface area contributed by atoms with E-state index in [1.807, 2.05) is 0 Å². The summed E-state index contributed by atoms with van der Waals surface area (Å²) in [5.41, 5.74) is 5.59. The number of likely N-dealkylation sites (N-methyl/N-ethyl adjacent to an activating group) is 2. The first-order chi connectivity index (χ1) is 8.95. The molecule has 0 bridgehead atoms. The van der Waals surface area contributed by atoms with Crippen LogP contribution in [0.3, 0.4) is 0 Å². The van der Waals surface area contributed by atoms with Crippen molar-refractivity contribution in [2.75, 3.05) is 34.2 Å². The maximum atomic E-state index is 12.3. The van der Waals surface area contributed by atoms with Gasteiger partial charge in [-0.25, -0.2) is 0 Å². The lowest BCUT2D eigenvalue weighted by atomic mass is 9.79. The van der Waals surface area contributed by atoms with Crippen molar-refractivity contribution in [3.05, 3.63) is 0 Å². The highest BCUT2D eigenvalue weighted by atomic mass is 16.2. The highest BCUT2D eigenvalue weighted by Crippen LogP contribution is 2.31. The van der Waals surface area contributed by atoms with Gasteiger partial charge in [-0.3, -0.25) is 9.59 Å². The number of carbonyl (C=O) groups excluding carboxylic acids is 2. The predicted octanol–water partition coefficient (Wildman–Crippen LogP) is 0.688. The quantitative estimate of drug-likeness (QED) is 0.798. The van der Waals surface area contributed by atoms with Crippen molar-refractivity contribution in [1.82, 2.24) is 9.80 Å². The summed E-state index contributed by atoms with van der Waals surface area (Å²) < 4.78 is 0. The average Bonchev–Trinajstić information content (AvgIpc) is 2.38. The van der Waals surface area contributed by atoms with E-state index in [0.717, 1.165) is 25.7 Å². The van der Waals surface area contributed by atoms with Gasteiger partial charge in [0.25, 0.3) is 0 Å². The monoisotopic (exact) mass is 269 g/mol. The minimum absolute atomic E-state index is 0.0369. The van der Waals surface area contributed by atoms with Crippen molar-refractivity contribution < 1.29 is 9.59 Å². The Kier molecular flexibility index (Phi) is 6.28. The van der Waals surface area contributed by atoms with Gasteiger partial charge in [0.05, 0.1) is 6.54 Å². The number of carbonyl (C=O) groups is 2. The van der Waals surface area contributed by atoms with Gasteiger partial charge in [-0.1, -0.05) is 12.8 Å². The standard InChI is InChI=1S/C14H27N3O2/c1-16(2)13(18)10-17(3)14(19)12-6-4-5-11(9-12)7-8-15/h11-12H,4-10,15H2,1-3H3. The number of hydrogen-bond donors (Lipinski definition) is 1. The van der Waals surface area contributed by atoms with Crippen LogP contribution in [0, 0.1) is 11.8 Å². The first-order valence-corrected chi connectivity index (χ1v) is 7.11. The van der Waals surface area contributed by atoms with E-state index in [1.54, 1.807) is 26.0 Å². The van der Waals surface area contributed by atoms with Crippen LogP contribution in [-0.4, -0.2) is 55.8 Å². The van der Waals surface area contributed by atoms with E-state index in [0.29, 0.717) is 12.5 Å². The molecule has 2 unspecified atom stereocenters. The molecule has 2 N–H and O–H groups in total. The minimum atomic E-state index is -0.0369. The van der Waals surface area contributed by atoms with Gasteiger partial charge in [0.2, 0.25) is 11.8 Å². The second kappa shape index (κ2) is 7.48. The summed E-state index contributed by atoms with van der Waals surface area (Å²) in [6, 6.07) is 0. The normalized spacial score (nSPS) is 22.9. The van der Waals surface area contributed by atoms with Crippen molar-refractivity contribution in [3.8, 4) is 0 Å². The van der Waals surface area contributed by atoms with Gasteiger partial charge in [0, 0.05) is 27.1 Å². The summed E-state index contributed by atoms with van der Waals surface area (Å²) in [5.74, 6) is 0.720. The lowest BCUT2D eigenvalue weighted by Crippen LogP contribution is -2.41. The van der Waals surface area contributed by atoms with Crippen LogP contribution in [-0.2, 0) is 9.59 Å². The number of nitrogens with zero attached hydrogens (tertiary/aromatic N) is 2. The van der Waals surface area contributed by atoms with E-state index >= 15 is 0 Å². The van der Waals surface area contributed by atoms with Gasteiger partial charge in [-0.05, 0) is 31.7 Å². The largest absolute Gasteiger partial charge is 0.347 e. The van der Waals surface area contributed by atoms with E-state index in [9.17, 15) is 9.59 Å². The molecule has 0 saturated heterocycles. The number of amides is 2. The summed E-state index contributed by atoms with van der Waals surface area (Å²) in [5, 5.41) is 0. The van der Waals surface area contributed by atoms with E-state index in [-0.39, 0.29) is 24.3 Å². The fourth-order valence-electron chi connectivity index (χ4n) is 2.75. The topological polar surface area (TPSA) is 66.6 Å². The Hall–Kier alpha value is -1.10. The molecule has 1 saturated carbocycles. The molecule has 5 nitrogen and oxygen atoms in total. The second-order valence-corrected chi connectivity index (χ2v) is 5.79. The number of nitrogens with two attached hydrogens (primary N) is 1. The van der Waals surface area contributed by atoms with Gasteiger partial charge in [0.15, 0.2) is 0 Å². The number of rotatable bonds is 5. The summed E-state index contributed by atoms with van der Waals surface area (Å²) in [4.78, 5) is 27.0. The molecule has 1 aliphatic carbocycles. The zero-order valence-electron chi connectivity index (χ0n) is 12.4. The molecule has 2 atom stereocenters. The zero-order valence-corrected chi connectivity index (χ0v) is 12.4. The van der Waals surface area contributed by atoms with Crippen molar-refractivity contribution >= 4 is 11.8 Å². The van der Waals surface area contributed by atoms with E-state index in [2.05, 4.69) is 0 Å². The zero-order chi connectivity index (χ0) is 14.4. The number of hydrogen-bond acceptors (Lipinski definition) is 3. The molecule has 0 aliphatic heterocycles. The highest BCUT2D eigenvalue weighted by Gasteiger charge is 2.29. The summed E-state index contributed by atoms with van der Waals surface area (Å²) >= 11 is 0. The first kappa shape index (κ1) is 16.0. The van der Waals surface area contributed by atoms with Crippen molar-refractivity contribution in [3.63, 3.8) is 0 Å². The van der Waals surface area contributed by atoms with Crippen LogP contribution in [0.15, 0.2) is 0 Å². The van der Waals surface area contributed by atoms with Crippen LogP contribution in [0.4, 0.5) is 0 Å². The van der Waals surface area contributed by atoms with Crippen LogP contribution >= 0.6 is 0 Å². The predicted molar refractivity (Wildman–Crippen MR) is 75.5 cm³/mol. The van der Waals surface area contributed by atoms with Gasteiger partial charge in [-0.2, -0.15) is 0 Å². The van der Waals surface area contributed by atoms with Crippen LogP contribution in [0.2, 0.25) is 0 Å². The molecule has 1 fully saturated rings. The van der Waals surface area contributed by atoms with E-state index < -0.39 is 0 Å². The molecule has 0 radical (unpaired) electrons. The van der Waals surface area contributed by atoms with Crippen LogP contribution in [0.25, 0.3) is 0 Å². The molecular formula is C14H27N3O2. The van der Waals surface area contributed by atoms with Crippen molar-refractivity contribution in [2.24, 2.45) is 17.6 Å². The van der Waals surface area contributed by atoms with Crippen LogP contribution in [0.1, 0.15) is 32.1 Å². The summed E-state index contributed by atoms with van der Waals surface area (Å²) in [6.45, 7) is 0.865. The van der Waals surface area contributed by atoms with Crippen LogP contribution in [0.5, 0.6) is 0 Å². The fraction of sp³-hybridized carbons (Fsp3) is 0.857. The highest BCUT2D eigenvalue weighted by molar-refractivity contribution is 5.85. The van der Waals surface area contributed by atoms with Gasteiger partial charge < -0.3 is 15.5 Å². The first-order valence-electron chi connectivity index (χ1n) is 7.11. The van der Waals surface area contributed by atoms with E-state index in [4.69, 9.17) is 5.73 Å². The molecule has 19 heavy (non-hydrogen) atoms. The maximum absolute atomic E-state index is 12.3. The molecular weight excluding hydrogens is 242 g/mol. The third-order valence-corrected chi connectivity index (χ3v) is 3.95. The minimum Gasteiger partial charge on any atom is -0.347 e. The Bertz CT molecular complexity index is 316. The molecule has 0 aromatic heterocycles. The van der Waals surface area contributed by atoms with Crippen LogP contribution < -0.4 is 5.73 Å². The smallest absolute Gasteiger partial charge is 0.241 e. The molecule has 0 spiro atoms. The third-order valence-electron chi connectivity index (χ3n) is 3.95. The Labute approximate surface area is 116 Å². The Morgan fingerprint density at radius 1 is 1.21 bits per heavy atom.